The van der Waals surface area contributed by atoms with E-state index in [1.807, 2.05) is 24.3 Å². The van der Waals surface area contributed by atoms with Crippen LogP contribution in [-0.4, -0.2) is 11.4 Å². The van der Waals surface area contributed by atoms with E-state index in [0.29, 0.717) is 16.7 Å². The standard InChI is InChI=1S/C15H13O3/c16-8-12-6-5-11(7-14(12)10-18)15-4-2-1-3-13(15)9-17/h1-7,10,16H,8-9H2. The van der Waals surface area contributed by atoms with Gasteiger partial charge in [0, 0.05) is 5.56 Å². The number of carbonyl (C=O) groups excluding carboxylic acids is 1. The van der Waals surface area contributed by atoms with Crippen LogP contribution in [-0.2, 0) is 18.3 Å². The average Bonchev–Trinajstić information content (AvgIpc) is 2.46. The summed E-state index contributed by atoms with van der Waals surface area (Å²) in [6, 6.07) is 12.5. The molecule has 0 saturated carbocycles. The van der Waals surface area contributed by atoms with Crippen molar-refractivity contribution in [2.45, 2.75) is 13.2 Å². The number of benzene rings is 2. The molecule has 2 aromatic carbocycles. The molecule has 3 heteroatoms. The molecule has 0 bridgehead atoms. The summed E-state index contributed by atoms with van der Waals surface area (Å²) in [4.78, 5) is 11.0. The van der Waals surface area contributed by atoms with E-state index < -0.39 is 0 Å². The second kappa shape index (κ2) is 5.58. The van der Waals surface area contributed by atoms with Gasteiger partial charge >= 0.3 is 0 Å². The average molecular weight is 241 g/mol. The maximum atomic E-state index is 11.1. The van der Waals surface area contributed by atoms with Gasteiger partial charge in [0.05, 0.1) is 6.61 Å². The molecule has 1 N–H and O–H groups in total. The predicted molar refractivity (Wildman–Crippen MR) is 67.6 cm³/mol. The van der Waals surface area contributed by atoms with Crippen molar-refractivity contribution in [2.24, 2.45) is 0 Å². The molecule has 1 radical (unpaired) electrons. The fraction of sp³-hybridized carbons (Fsp3) is 0.133. The second-order valence-corrected chi connectivity index (χ2v) is 3.99. The van der Waals surface area contributed by atoms with Crippen LogP contribution in [0.4, 0.5) is 0 Å². The first-order chi connectivity index (χ1) is 8.80. The van der Waals surface area contributed by atoms with Crippen LogP contribution in [0.1, 0.15) is 21.5 Å². The van der Waals surface area contributed by atoms with E-state index in [4.69, 9.17) is 5.11 Å². The zero-order chi connectivity index (χ0) is 13.0. The van der Waals surface area contributed by atoms with Gasteiger partial charge in [-0.05, 0) is 28.3 Å². The van der Waals surface area contributed by atoms with Gasteiger partial charge in [-0.1, -0.05) is 36.4 Å². The van der Waals surface area contributed by atoms with E-state index >= 15 is 0 Å². The van der Waals surface area contributed by atoms with Crippen molar-refractivity contribution in [1.29, 1.82) is 0 Å². The Kier molecular flexibility index (Phi) is 3.87. The van der Waals surface area contributed by atoms with E-state index in [1.165, 1.54) is 0 Å². The summed E-state index contributed by atoms with van der Waals surface area (Å²) in [7, 11) is 0. The van der Waals surface area contributed by atoms with Crippen LogP contribution in [0.15, 0.2) is 42.5 Å². The van der Waals surface area contributed by atoms with Crippen molar-refractivity contribution < 1.29 is 15.0 Å². The van der Waals surface area contributed by atoms with Gasteiger partial charge in [-0.3, -0.25) is 4.79 Å². The predicted octanol–water partition coefficient (Wildman–Crippen LogP) is 2.59. The van der Waals surface area contributed by atoms with E-state index in [2.05, 4.69) is 0 Å². The first-order valence-corrected chi connectivity index (χ1v) is 5.65. The topological polar surface area (TPSA) is 57.2 Å². The molecule has 0 unspecified atom stereocenters. The van der Waals surface area contributed by atoms with Gasteiger partial charge in [0.2, 0.25) is 0 Å². The molecule has 0 amide bonds. The van der Waals surface area contributed by atoms with E-state index in [1.54, 1.807) is 18.2 Å². The molecule has 2 rings (SSSR count). The minimum Gasteiger partial charge on any atom is -0.392 e. The van der Waals surface area contributed by atoms with E-state index in [9.17, 15) is 9.90 Å². The molecular weight excluding hydrogens is 228 g/mol. The highest BCUT2D eigenvalue weighted by Crippen LogP contribution is 2.25. The van der Waals surface area contributed by atoms with Gasteiger partial charge in [0.1, 0.15) is 12.9 Å². The van der Waals surface area contributed by atoms with Gasteiger partial charge in [-0.25, -0.2) is 5.11 Å². The molecule has 18 heavy (non-hydrogen) atoms. The molecule has 0 aromatic heterocycles. The normalized spacial score (nSPS) is 10.3. The fourth-order valence-corrected chi connectivity index (χ4v) is 1.94. The summed E-state index contributed by atoms with van der Waals surface area (Å²) in [6.07, 6.45) is 0.717. The molecule has 0 saturated heterocycles. The van der Waals surface area contributed by atoms with Gasteiger partial charge in [0.15, 0.2) is 0 Å². The summed E-state index contributed by atoms with van der Waals surface area (Å²) < 4.78 is 0. The molecule has 0 aliphatic carbocycles. The number of aldehydes is 1. The molecule has 2 aromatic rings. The molecule has 0 spiro atoms. The Balaban J connectivity index is 2.54. The lowest BCUT2D eigenvalue weighted by Crippen LogP contribution is -1.94. The summed E-state index contributed by atoms with van der Waals surface area (Å²) in [5, 5.41) is 20.2. The van der Waals surface area contributed by atoms with Crippen LogP contribution in [0.5, 0.6) is 0 Å². The first-order valence-electron chi connectivity index (χ1n) is 5.65. The van der Waals surface area contributed by atoms with Crippen molar-refractivity contribution in [3.8, 4) is 11.1 Å². The fourth-order valence-electron chi connectivity index (χ4n) is 1.94. The Morgan fingerprint density at radius 1 is 1.06 bits per heavy atom. The third kappa shape index (κ3) is 2.32. The monoisotopic (exact) mass is 241 g/mol. The van der Waals surface area contributed by atoms with E-state index in [0.717, 1.165) is 17.4 Å². The summed E-state index contributed by atoms with van der Waals surface area (Å²) in [5.74, 6) is 0. The van der Waals surface area contributed by atoms with Crippen molar-refractivity contribution in [1.82, 2.24) is 0 Å². The third-order valence-corrected chi connectivity index (χ3v) is 2.93. The van der Waals surface area contributed by atoms with Crippen LogP contribution >= 0.6 is 0 Å². The van der Waals surface area contributed by atoms with Crippen LogP contribution in [0, 0.1) is 0 Å². The highest BCUT2D eigenvalue weighted by atomic mass is 16.3. The van der Waals surface area contributed by atoms with Crippen LogP contribution in [0.2, 0.25) is 0 Å². The summed E-state index contributed by atoms with van der Waals surface area (Å²) >= 11 is 0. The summed E-state index contributed by atoms with van der Waals surface area (Å²) in [5.41, 5.74) is 3.40. The zero-order valence-corrected chi connectivity index (χ0v) is 9.80. The van der Waals surface area contributed by atoms with Gasteiger partial charge < -0.3 is 5.11 Å². The quantitative estimate of drug-likeness (QED) is 0.836. The number of aliphatic hydroxyl groups is 1. The lowest BCUT2D eigenvalue weighted by Gasteiger charge is -2.09. The Hall–Kier alpha value is -1.97. The smallest absolute Gasteiger partial charge is 0.150 e. The van der Waals surface area contributed by atoms with Gasteiger partial charge in [-0.15, -0.1) is 0 Å². The largest absolute Gasteiger partial charge is 0.392 e. The maximum Gasteiger partial charge on any atom is 0.150 e. The van der Waals surface area contributed by atoms with Crippen molar-refractivity contribution in [2.75, 3.05) is 0 Å². The highest BCUT2D eigenvalue weighted by molar-refractivity contribution is 5.81. The number of hydrogen-bond acceptors (Lipinski definition) is 2. The molecule has 91 valence electrons. The van der Waals surface area contributed by atoms with Gasteiger partial charge in [-0.2, -0.15) is 0 Å². The minimum absolute atomic E-state index is 0.169. The maximum absolute atomic E-state index is 11.1. The van der Waals surface area contributed by atoms with Crippen LogP contribution in [0.3, 0.4) is 0 Å². The first kappa shape index (κ1) is 12.5. The molecule has 0 aliphatic heterocycles. The molecule has 0 fully saturated rings. The van der Waals surface area contributed by atoms with Crippen LogP contribution in [0.25, 0.3) is 11.1 Å². The Morgan fingerprint density at radius 3 is 2.50 bits per heavy atom. The van der Waals surface area contributed by atoms with Gasteiger partial charge in [0.25, 0.3) is 0 Å². The molecular formula is C15H13O3. The molecule has 3 nitrogen and oxygen atoms in total. The lowest BCUT2D eigenvalue weighted by molar-refractivity contribution is 0.112. The van der Waals surface area contributed by atoms with Crippen molar-refractivity contribution in [3.63, 3.8) is 0 Å². The van der Waals surface area contributed by atoms with Crippen molar-refractivity contribution in [3.05, 3.63) is 59.2 Å². The summed E-state index contributed by atoms with van der Waals surface area (Å²) in [6.45, 7) is -0.466. The second-order valence-electron chi connectivity index (χ2n) is 3.99. The highest BCUT2D eigenvalue weighted by Gasteiger charge is 2.07. The number of carbonyl (C=O) groups is 1. The third-order valence-electron chi connectivity index (χ3n) is 2.93. The molecule has 0 atom stereocenters. The Morgan fingerprint density at radius 2 is 1.83 bits per heavy atom. The number of rotatable bonds is 4. The SMILES string of the molecule is [O]Cc1ccccc1-c1ccc(CO)c(C=O)c1. The lowest BCUT2D eigenvalue weighted by atomic mass is 9.96. The van der Waals surface area contributed by atoms with Crippen molar-refractivity contribution >= 4 is 6.29 Å². The minimum atomic E-state index is -0.297. The Labute approximate surface area is 105 Å². The molecule has 0 heterocycles. The number of aliphatic hydroxyl groups excluding tert-OH is 1. The Bertz CT molecular complexity index is 561. The zero-order valence-electron chi connectivity index (χ0n) is 9.80. The number of hydrogen-bond donors (Lipinski definition) is 1. The van der Waals surface area contributed by atoms with E-state index in [-0.39, 0.29) is 13.2 Å². The van der Waals surface area contributed by atoms with Crippen LogP contribution < -0.4 is 0 Å². The molecule has 0 aliphatic rings.